The molecule has 2 aromatic rings. The zero-order valence-corrected chi connectivity index (χ0v) is 15.7. The Morgan fingerprint density at radius 2 is 1.68 bits per heavy atom. The summed E-state index contributed by atoms with van der Waals surface area (Å²) in [5.74, 6) is -0.641. The molecule has 148 valence electrons. The summed E-state index contributed by atoms with van der Waals surface area (Å²) in [6.07, 6.45) is 2.71. The molecule has 0 heterocycles. The van der Waals surface area contributed by atoms with Crippen molar-refractivity contribution in [1.29, 1.82) is 0 Å². The molecule has 3 rings (SSSR count). The number of esters is 1. The Bertz CT molecular complexity index is 803. The monoisotopic (exact) mass is 385 g/mol. The summed E-state index contributed by atoms with van der Waals surface area (Å²) in [5.41, 5.74) is -0.642. The first kappa shape index (κ1) is 19.9. The Kier molecular flexibility index (Phi) is 6.63. The minimum atomic E-state index is -0.998. The number of carbonyl (C=O) groups excluding carboxylic acids is 2. The highest BCUT2D eigenvalue weighted by Gasteiger charge is 2.45. The van der Waals surface area contributed by atoms with Crippen molar-refractivity contribution in [2.45, 2.75) is 31.1 Å². The molecular formula is C22H24FNO4. The van der Waals surface area contributed by atoms with E-state index in [0.29, 0.717) is 31.6 Å². The van der Waals surface area contributed by atoms with Crippen LogP contribution in [0.5, 0.6) is 5.75 Å². The van der Waals surface area contributed by atoms with Gasteiger partial charge < -0.3 is 14.8 Å². The minimum Gasteiger partial charge on any atom is -0.492 e. The largest absolute Gasteiger partial charge is 0.492 e. The first-order valence-corrected chi connectivity index (χ1v) is 9.49. The summed E-state index contributed by atoms with van der Waals surface area (Å²) < 4.78 is 25.0. The predicted octanol–water partition coefficient (Wildman–Crippen LogP) is 3.38. The molecule has 0 aromatic heterocycles. The number of hydrogen-bond acceptors (Lipinski definition) is 4. The van der Waals surface area contributed by atoms with Gasteiger partial charge in [0.15, 0.2) is 6.61 Å². The highest BCUT2D eigenvalue weighted by Crippen LogP contribution is 2.43. The number of carbonyl (C=O) groups is 2. The SMILES string of the molecule is O=C(COC(=O)C1(c2ccccc2F)CCCC1)NCCOc1ccccc1. The predicted molar refractivity (Wildman–Crippen MR) is 102 cm³/mol. The molecule has 1 saturated carbocycles. The molecule has 0 spiro atoms. The molecule has 28 heavy (non-hydrogen) atoms. The lowest BCUT2D eigenvalue weighted by atomic mass is 9.78. The van der Waals surface area contributed by atoms with Crippen LogP contribution in [0, 0.1) is 5.82 Å². The lowest BCUT2D eigenvalue weighted by Gasteiger charge is -2.27. The van der Waals surface area contributed by atoms with Gasteiger partial charge in [0.25, 0.3) is 5.91 Å². The molecule has 0 bridgehead atoms. The fourth-order valence-corrected chi connectivity index (χ4v) is 3.61. The van der Waals surface area contributed by atoms with Crippen molar-refractivity contribution < 1.29 is 23.5 Å². The fourth-order valence-electron chi connectivity index (χ4n) is 3.61. The maximum absolute atomic E-state index is 14.3. The van der Waals surface area contributed by atoms with Crippen LogP contribution >= 0.6 is 0 Å². The van der Waals surface area contributed by atoms with Crippen LogP contribution in [0.2, 0.25) is 0 Å². The second kappa shape index (κ2) is 9.35. The van der Waals surface area contributed by atoms with Crippen LogP contribution in [0.4, 0.5) is 4.39 Å². The van der Waals surface area contributed by atoms with Gasteiger partial charge in [-0.25, -0.2) is 4.39 Å². The van der Waals surface area contributed by atoms with Crippen molar-refractivity contribution in [2.24, 2.45) is 0 Å². The molecule has 0 atom stereocenters. The van der Waals surface area contributed by atoms with E-state index in [0.717, 1.165) is 18.6 Å². The summed E-state index contributed by atoms with van der Waals surface area (Å²) in [4.78, 5) is 24.7. The number of benzene rings is 2. The van der Waals surface area contributed by atoms with Crippen molar-refractivity contribution in [1.82, 2.24) is 5.32 Å². The Labute approximate surface area is 163 Å². The van der Waals surface area contributed by atoms with Gasteiger partial charge in [0.05, 0.1) is 12.0 Å². The van der Waals surface area contributed by atoms with Crippen molar-refractivity contribution in [3.05, 3.63) is 66.0 Å². The molecule has 0 radical (unpaired) electrons. The third-order valence-electron chi connectivity index (χ3n) is 5.01. The summed E-state index contributed by atoms with van der Waals surface area (Å²) in [7, 11) is 0. The first-order valence-electron chi connectivity index (χ1n) is 9.49. The first-order chi connectivity index (χ1) is 13.6. The molecule has 0 aliphatic heterocycles. The van der Waals surface area contributed by atoms with Crippen molar-refractivity contribution in [2.75, 3.05) is 19.8 Å². The van der Waals surface area contributed by atoms with Crippen LogP contribution in [0.1, 0.15) is 31.2 Å². The Morgan fingerprint density at radius 1 is 1.00 bits per heavy atom. The third-order valence-corrected chi connectivity index (χ3v) is 5.01. The minimum absolute atomic E-state index is 0.295. The third kappa shape index (κ3) is 4.68. The quantitative estimate of drug-likeness (QED) is 0.559. The molecule has 1 aliphatic rings. The summed E-state index contributed by atoms with van der Waals surface area (Å²) in [6, 6.07) is 15.6. The fraction of sp³-hybridized carbons (Fsp3) is 0.364. The Balaban J connectivity index is 1.48. The van der Waals surface area contributed by atoms with Gasteiger partial charge in [-0.3, -0.25) is 9.59 Å². The number of amides is 1. The van der Waals surface area contributed by atoms with Crippen LogP contribution in [0.15, 0.2) is 54.6 Å². The van der Waals surface area contributed by atoms with Gasteiger partial charge >= 0.3 is 5.97 Å². The average Bonchev–Trinajstić information content (AvgIpc) is 3.21. The number of halogens is 1. The number of para-hydroxylation sites is 1. The van der Waals surface area contributed by atoms with E-state index < -0.39 is 23.1 Å². The van der Waals surface area contributed by atoms with E-state index in [1.807, 2.05) is 30.3 Å². The number of hydrogen-bond donors (Lipinski definition) is 1. The van der Waals surface area contributed by atoms with Gasteiger partial charge in [0.2, 0.25) is 0 Å². The summed E-state index contributed by atoms with van der Waals surface area (Å²) in [5, 5.41) is 2.65. The van der Waals surface area contributed by atoms with E-state index in [-0.39, 0.29) is 6.61 Å². The van der Waals surface area contributed by atoms with Crippen LogP contribution in [-0.4, -0.2) is 31.6 Å². The van der Waals surface area contributed by atoms with Crippen LogP contribution < -0.4 is 10.1 Å². The van der Waals surface area contributed by atoms with Gasteiger partial charge in [-0.2, -0.15) is 0 Å². The molecule has 6 heteroatoms. The number of rotatable bonds is 8. The maximum atomic E-state index is 14.3. The molecule has 0 unspecified atom stereocenters. The van der Waals surface area contributed by atoms with Gasteiger partial charge in [0.1, 0.15) is 18.2 Å². The number of nitrogens with one attached hydrogen (secondary N) is 1. The van der Waals surface area contributed by atoms with E-state index in [4.69, 9.17) is 9.47 Å². The Hall–Kier alpha value is -2.89. The van der Waals surface area contributed by atoms with Gasteiger partial charge in [-0.15, -0.1) is 0 Å². The lowest BCUT2D eigenvalue weighted by molar-refractivity contribution is -0.154. The Morgan fingerprint density at radius 3 is 2.39 bits per heavy atom. The average molecular weight is 385 g/mol. The summed E-state index contributed by atoms with van der Waals surface area (Å²) >= 11 is 0. The molecule has 1 fully saturated rings. The van der Waals surface area contributed by atoms with Crippen molar-refractivity contribution in [3.8, 4) is 5.75 Å². The highest BCUT2D eigenvalue weighted by molar-refractivity contribution is 5.86. The molecule has 1 N–H and O–H groups in total. The maximum Gasteiger partial charge on any atom is 0.317 e. The molecule has 2 aromatic carbocycles. The van der Waals surface area contributed by atoms with E-state index in [1.54, 1.807) is 18.2 Å². The second-order valence-corrected chi connectivity index (χ2v) is 6.86. The highest BCUT2D eigenvalue weighted by atomic mass is 19.1. The van der Waals surface area contributed by atoms with Gasteiger partial charge in [0, 0.05) is 5.56 Å². The van der Waals surface area contributed by atoms with Crippen LogP contribution in [-0.2, 0) is 19.7 Å². The van der Waals surface area contributed by atoms with Gasteiger partial charge in [-0.05, 0) is 31.0 Å². The van der Waals surface area contributed by atoms with E-state index in [9.17, 15) is 14.0 Å². The zero-order chi connectivity index (χ0) is 19.8. The lowest BCUT2D eigenvalue weighted by Crippen LogP contribution is -2.39. The summed E-state index contributed by atoms with van der Waals surface area (Å²) in [6.45, 7) is 0.215. The second-order valence-electron chi connectivity index (χ2n) is 6.86. The standard InChI is InChI=1S/C22H24FNO4/c23-19-11-5-4-10-18(19)22(12-6-7-13-22)21(26)28-16-20(25)24-14-15-27-17-8-2-1-3-9-17/h1-5,8-11H,6-7,12-16H2,(H,24,25). The topological polar surface area (TPSA) is 64.6 Å². The van der Waals surface area contributed by atoms with Crippen molar-refractivity contribution >= 4 is 11.9 Å². The molecule has 1 amide bonds. The van der Waals surface area contributed by atoms with Gasteiger partial charge in [-0.1, -0.05) is 49.2 Å². The van der Waals surface area contributed by atoms with Crippen LogP contribution in [0.25, 0.3) is 0 Å². The van der Waals surface area contributed by atoms with E-state index in [2.05, 4.69) is 5.32 Å². The molecule has 5 nitrogen and oxygen atoms in total. The normalized spacial score (nSPS) is 15.0. The zero-order valence-electron chi connectivity index (χ0n) is 15.7. The molecule has 0 saturated heterocycles. The van der Waals surface area contributed by atoms with E-state index >= 15 is 0 Å². The van der Waals surface area contributed by atoms with Crippen molar-refractivity contribution in [3.63, 3.8) is 0 Å². The molecule has 1 aliphatic carbocycles. The molecular weight excluding hydrogens is 361 g/mol. The smallest absolute Gasteiger partial charge is 0.317 e. The van der Waals surface area contributed by atoms with Crippen LogP contribution in [0.3, 0.4) is 0 Å². The van der Waals surface area contributed by atoms with E-state index in [1.165, 1.54) is 6.07 Å². The number of ether oxygens (including phenoxy) is 2.